The second-order valence-corrected chi connectivity index (χ2v) is 4.23. The highest BCUT2D eigenvalue weighted by Gasteiger charge is 2.03. The van der Waals surface area contributed by atoms with Gasteiger partial charge in [0.1, 0.15) is 0 Å². The number of hydrogen-bond donors (Lipinski definition) is 4. The molecule has 0 aromatic heterocycles. The Morgan fingerprint density at radius 3 is 2.62 bits per heavy atom. The number of phenolic OH excluding ortho intramolecular Hbond substituents is 2. The van der Waals surface area contributed by atoms with Gasteiger partial charge in [-0.15, -0.1) is 0 Å². The molecule has 0 saturated heterocycles. The Balaban J connectivity index is 1.83. The van der Waals surface area contributed by atoms with E-state index in [1.165, 1.54) is 12.3 Å². The summed E-state index contributed by atoms with van der Waals surface area (Å²) in [5.41, 5.74) is 3.47. The molecule has 2 aromatic rings. The average Bonchev–Trinajstić information content (AvgIpc) is 2.50. The predicted octanol–water partition coefficient (Wildman–Crippen LogP) is 1.66. The van der Waals surface area contributed by atoms with E-state index in [9.17, 15) is 15.0 Å². The van der Waals surface area contributed by atoms with Crippen molar-refractivity contribution in [2.24, 2.45) is 5.10 Å². The fourth-order valence-corrected chi connectivity index (χ4v) is 1.60. The highest BCUT2D eigenvalue weighted by Crippen LogP contribution is 2.26. The molecular formula is C15H15N3O3. The maximum absolute atomic E-state index is 11.6. The summed E-state index contributed by atoms with van der Waals surface area (Å²) in [6.07, 6.45) is 1.26. The first-order valence-electron chi connectivity index (χ1n) is 6.28. The quantitative estimate of drug-likeness (QED) is 0.382. The zero-order chi connectivity index (χ0) is 15.1. The summed E-state index contributed by atoms with van der Waals surface area (Å²) in [6, 6.07) is 13.8. The van der Waals surface area contributed by atoms with Gasteiger partial charge in [-0.05, 0) is 24.3 Å². The number of nitrogens with one attached hydrogen (secondary N) is 2. The number of rotatable bonds is 5. The largest absolute Gasteiger partial charge is 0.504 e. The molecule has 0 saturated carbocycles. The van der Waals surface area contributed by atoms with Crippen molar-refractivity contribution in [3.05, 3.63) is 54.1 Å². The van der Waals surface area contributed by atoms with Crippen molar-refractivity contribution >= 4 is 17.8 Å². The Bertz CT molecular complexity index is 642. The predicted molar refractivity (Wildman–Crippen MR) is 80.4 cm³/mol. The maximum Gasteiger partial charge on any atom is 0.259 e. The first-order chi connectivity index (χ1) is 10.2. The maximum atomic E-state index is 11.6. The van der Waals surface area contributed by atoms with Gasteiger partial charge in [0.05, 0.1) is 12.8 Å². The van der Waals surface area contributed by atoms with Crippen LogP contribution in [-0.4, -0.2) is 28.9 Å². The molecule has 21 heavy (non-hydrogen) atoms. The van der Waals surface area contributed by atoms with E-state index in [1.807, 2.05) is 30.3 Å². The molecule has 0 atom stereocenters. The van der Waals surface area contributed by atoms with Crippen LogP contribution in [-0.2, 0) is 4.79 Å². The summed E-state index contributed by atoms with van der Waals surface area (Å²) in [7, 11) is 0. The molecule has 2 rings (SSSR count). The number of anilines is 1. The number of para-hydroxylation sites is 2. The van der Waals surface area contributed by atoms with Gasteiger partial charge in [-0.2, -0.15) is 5.10 Å². The highest BCUT2D eigenvalue weighted by atomic mass is 16.3. The molecule has 0 aliphatic heterocycles. The molecule has 108 valence electrons. The van der Waals surface area contributed by atoms with Crippen molar-refractivity contribution in [1.82, 2.24) is 5.43 Å². The van der Waals surface area contributed by atoms with Gasteiger partial charge in [-0.1, -0.05) is 24.3 Å². The van der Waals surface area contributed by atoms with E-state index < -0.39 is 0 Å². The molecule has 2 aromatic carbocycles. The van der Waals surface area contributed by atoms with E-state index in [2.05, 4.69) is 15.8 Å². The topological polar surface area (TPSA) is 94.0 Å². The molecular weight excluding hydrogens is 270 g/mol. The molecule has 0 fully saturated rings. The second kappa shape index (κ2) is 6.95. The third-order valence-corrected chi connectivity index (χ3v) is 2.67. The van der Waals surface area contributed by atoms with Crippen LogP contribution < -0.4 is 10.7 Å². The molecule has 0 bridgehead atoms. The number of carbonyl (C=O) groups excluding carboxylic acids is 1. The molecule has 4 N–H and O–H groups in total. The molecule has 0 radical (unpaired) electrons. The van der Waals surface area contributed by atoms with Crippen LogP contribution in [0.25, 0.3) is 0 Å². The first-order valence-corrected chi connectivity index (χ1v) is 6.28. The molecule has 0 unspecified atom stereocenters. The first kappa shape index (κ1) is 14.4. The molecule has 0 spiro atoms. The van der Waals surface area contributed by atoms with Crippen LogP contribution in [0.1, 0.15) is 5.56 Å². The zero-order valence-electron chi connectivity index (χ0n) is 11.2. The zero-order valence-corrected chi connectivity index (χ0v) is 11.2. The molecule has 0 aliphatic carbocycles. The summed E-state index contributed by atoms with van der Waals surface area (Å²) in [5, 5.41) is 25.5. The minimum absolute atomic E-state index is 0.0768. The van der Waals surface area contributed by atoms with Gasteiger partial charge in [-0.25, -0.2) is 5.43 Å². The van der Waals surface area contributed by atoms with E-state index in [0.717, 1.165) is 5.69 Å². The molecule has 6 nitrogen and oxygen atoms in total. The average molecular weight is 285 g/mol. The lowest BCUT2D eigenvalue weighted by atomic mass is 10.2. The van der Waals surface area contributed by atoms with Gasteiger partial charge in [0, 0.05) is 11.3 Å². The number of nitrogens with zero attached hydrogens (tertiary/aromatic N) is 1. The summed E-state index contributed by atoms with van der Waals surface area (Å²) in [6.45, 7) is 0.0768. The van der Waals surface area contributed by atoms with Crippen molar-refractivity contribution in [1.29, 1.82) is 0 Å². The van der Waals surface area contributed by atoms with Crippen LogP contribution in [0.4, 0.5) is 5.69 Å². The SMILES string of the molecule is O=C(CNc1ccccc1)N/N=C/c1cccc(O)c1O. The Hall–Kier alpha value is -3.02. The molecule has 6 heteroatoms. The minimum Gasteiger partial charge on any atom is -0.504 e. The van der Waals surface area contributed by atoms with Gasteiger partial charge in [0.25, 0.3) is 5.91 Å². The van der Waals surface area contributed by atoms with E-state index in [0.29, 0.717) is 5.56 Å². The Kier molecular flexibility index (Phi) is 4.76. The van der Waals surface area contributed by atoms with Crippen LogP contribution >= 0.6 is 0 Å². The number of benzene rings is 2. The number of hydrazone groups is 1. The van der Waals surface area contributed by atoms with Crippen LogP contribution in [0.3, 0.4) is 0 Å². The van der Waals surface area contributed by atoms with E-state index >= 15 is 0 Å². The highest BCUT2D eigenvalue weighted by molar-refractivity contribution is 5.87. The van der Waals surface area contributed by atoms with Gasteiger partial charge in [-0.3, -0.25) is 4.79 Å². The van der Waals surface area contributed by atoms with Crippen molar-refractivity contribution in [3.63, 3.8) is 0 Å². The van der Waals surface area contributed by atoms with E-state index in [1.54, 1.807) is 12.1 Å². The lowest BCUT2D eigenvalue weighted by molar-refractivity contribution is -0.119. The van der Waals surface area contributed by atoms with E-state index in [-0.39, 0.29) is 24.0 Å². The third-order valence-electron chi connectivity index (χ3n) is 2.67. The van der Waals surface area contributed by atoms with Crippen molar-refractivity contribution in [2.75, 3.05) is 11.9 Å². The van der Waals surface area contributed by atoms with Crippen molar-refractivity contribution in [2.45, 2.75) is 0 Å². The smallest absolute Gasteiger partial charge is 0.259 e. The fourth-order valence-electron chi connectivity index (χ4n) is 1.60. The fraction of sp³-hybridized carbons (Fsp3) is 0.0667. The number of amides is 1. The molecule has 1 amide bonds. The Morgan fingerprint density at radius 2 is 1.86 bits per heavy atom. The van der Waals surface area contributed by atoms with Gasteiger partial charge in [0.2, 0.25) is 0 Å². The van der Waals surface area contributed by atoms with Crippen LogP contribution in [0.5, 0.6) is 11.5 Å². The van der Waals surface area contributed by atoms with Crippen LogP contribution in [0.2, 0.25) is 0 Å². The summed E-state index contributed by atoms with van der Waals surface area (Å²) in [5.74, 6) is -0.844. The lowest BCUT2D eigenvalue weighted by Gasteiger charge is -2.04. The van der Waals surface area contributed by atoms with Crippen molar-refractivity contribution < 1.29 is 15.0 Å². The second-order valence-electron chi connectivity index (χ2n) is 4.23. The standard InChI is InChI=1S/C15H15N3O3/c19-13-8-4-5-11(15(13)21)9-17-18-14(20)10-16-12-6-2-1-3-7-12/h1-9,16,19,21H,10H2,(H,18,20)/b17-9+. The minimum atomic E-state index is -0.324. The van der Waals surface area contributed by atoms with Crippen LogP contribution in [0, 0.1) is 0 Å². The number of aromatic hydroxyl groups is 2. The number of carbonyl (C=O) groups is 1. The van der Waals surface area contributed by atoms with E-state index in [4.69, 9.17) is 0 Å². The summed E-state index contributed by atoms with van der Waals surface area (Å²) in [4.78, 5) is 11.6. The number of phenols is 2. The monoisotopic (exact) mass is 285 g/mol. The third kappa shape index (κ3) is 4.24. The normalized spacial score (nSPS) is 10.5. The lowest BCUT2D eigenvalue weighted by Crippen LogP contribution is -2.25. The van der Waals surface area contributed by atoms with Gasteiger partial charge < -0.3 is 15.5 Å². The summed E-state index contributed by atoms with van der Waals surface area (Å²) < 4.78 is 0. The Morgan fingerprint density at radius 1 is 1.10 bits per heavy atom. The van der Waals surface area contributed by atoms with Gasteiger partial charge in [0.15, 0.2) is 11.5 Å². The summed E-state index contributed by atoms with van der Waals surface area (Å²) >= 11 is 0. The Labute approximate surface area is 121 Å². The number of hydrogen-bond acceptors (Lipinski definition) is 5. The molecule has 0 aliphatic rings. The van der Waals surface area contributed by atoms with Crippen LogP contribution in [0.15, 0.2) is 53.6 Å². The van der Waals surface area contributed by atoms with Crippen molar-refractivity contribution in [3.8, 4) is 11.5 Å². The molecule has 0 heterocycles. The van der Waals surface area contributed by atoms with Gasteiger partial charge >= 0.3 is 0 Å².